The van der Waals surface area contributed by atoms with Crippen LogP contribution in [0.3, 0.4) is 0 Å². The highest BCUT2D eigenvalue weighted by Crippen LogP contribution is 2.23. The molecule has 2 aromatic rings. The SMILES string of the molecule is CCCCCCC(NN)c1cnn2ccccc12. The molecule has 4 nitrogen and oxygen atoms in total. The van der Waals surface area contributed by atoms with Gasteiger partial charge in [-0.05, 0) is 18.6 Å². The maximum Gasteiger partial charge on any atom is 0.0709 e. The topological polar surface area (TPSA) is 55.3 Å². The van der Waals surface area contributed by atoms with Gasteiger partial charge in [0.2, 0.25) is 0 Å². The molecule has 2 rings (SSSR count). The van der Waals surface area contributed by atoms with Crippen LogP contribution in [-0.2, 0) is 0 Å². The van der Waals surface area contributed by atoms with Crippen LogP contribution in [-0.4, -0.2) is 9.61 Å². The smallest absolute Gasteiger partial charge is 0.0709 e. The van der Waals surface area contributed by atoms with Gasteiger partial charge in [-0.15, -0.1) is 0 Å². The van der Waals surface area contributed by atoms with E-state index in [0.717, 1.165) is 11.9 Å². The normalized spacial score (nSPS) is 13.0. The van der Waals surface area contributed by atoms with Crippen LogP contribution in [0.2, 0.25) is 0 Å². The number of rotatable bonds is 7. The van der Waals surface area contributed by atoms with Crippen molar-refractivity contribution in [1.82, 2.24) is 15.0 Å². The summed E-state index contributed by atoms with van der Waals surface area (Å²) in [5.41, 5.74) is 5.24. The van der Waals surface area contributed by atoms with E-state index in [4.69, 9.17) is 5.84 Å². The maximum atomic E-state index is 5.68. The summed E-state index contributed by atoms with van der Waals surface area (Å²) in [6.07, 6.45) is 9.97. The van der Waals surface area contributed by atoms with Gasteiger partial charge in [0.25, 0.3) is 0 Å². The van der Waals surface area contributed by atoms with Crippen molar-refractivity contribution >= 4 is 5.52 Å². The molecule has 0 fully saturated rings. The van der Waals surface area contributed by atoms with Gasteiger partial charge in [0.15, 0.2) is 0 Å². The Balaban J connectivity index is 2.07. The third kappa shape index (κ3) is 2.89. The summed E-state index contributed by atoms with van der Waals surface area (Å²) in [5.74, 6) is 5.68. The van der Waals surface area contributed by atoms with Crippen LogP contribution in [0.15, 0.2) is 30.6 Å². The number of aromatic nitrogens is 2. The molecule has 18 heavy (non-hydrogen) atoms. The molecule has 0 aliphatic carbocycles. The molecule has 0 aromatic carbocycles. The van der Waals surface area contributed by atoms with E-state index >= 15 is 0 Å². The predicted molar refractivity (Wildman–Crippen MR) is 74.0 cm³/mol. The summed E-state index contributed by atoms with van der Waals surface area (Å²) in [6.45, 7) is 2.23. The van der Waals surface area contributed by atoms with Gasteiger partial charge >= 0.3 is 0 Å². The van der Waals surface area contributed by atoms with Crippen LogP contribution < -0.4 is 11.3 Å². The predicted octanol–water partition coefficient (Wildman–Crippen LogP) is 2.81. The van der Waals surface area contributed by atoms with Crippen molar-refractivity contribution in [3.63, 3.8) is 0 Å². The lowest BCUT2D eigenvalue weighted by Crippen LogP contribution is -2.27. The molecule has 0 saturated carbocycles. The molecule has 0 saturated heterocycles. The van der Waals surface area contributed by atoms with E-state index in [-0.39, 0.29) is 6.04 Å². The molecule has 1 atom stereocenters. The molecule has 98 valence electrons. The number of nitrogens with two attached hydrogens (primary N) is 1. The van der Waals surface area contributed by atoms with Crippen LogP contribution in [0.1, 0.15) is 50.6 Å². The standard InChI is InChI=1S/C14H22N4/c1-2-3-4-5-8-13(17-15)12-11-16-18-10-7-6-9-14(12)18/h6-7,9-11,13,17H,2-5,8,15H2,1H3. The Hall–Kier alpha value is -1.39. The molecule has 0 amide bonds. The maximum absolute atomic E-state index is 5.68. The summed E-state index contributed by atoms with van der Waals surface area (Å²) in [7, 11) is 0. The molecule has 1 unspecified atom stereocenters. The second-order valence-corrected chi connectivity index (χ2v) is 4.70. The molecule has 4 heteroatoms. The second kappa shape index (κ2) is 6.52. The largest absolute Gasteiger partial charge is 0.271 e. The number of pyridine rings is 1. The van der Waals surface area contributed by atoms with E-state index in [2.05, 4.69) is 23.5 Å². The summed E-state index contributed by atoms with van der Waals surface area (Å²) in [6, 6.07) is 6.29. The molecule has 2 heterocycles. The molecular weight excluding hydrogens is 224 g/mol. The first-order chi connectivity index (χ1) is 8.86. The fourth-order valence-electron chi connectivity index (χ4n) is 2.33. The average molecular weight is 246 g/mol. The van der Waals surface area contributed by atoms with Crippen molar-refractivity contribution in [2.75, 3.05) is 0 Å². The Morgan fingerprint density at radius 3 is 3.00 bits per heavy atom. The Bertz CT molecular complexity index is 477. The number of hydrazine groups is 1. The van der Waals surface area contributed by atoms with Gasteiger partial charge in [-0.25, -0.2) is 4.52 Å². The first-order valence-corrected chi connectivity index (χ1v) is 6.75. The minimum atomic E-state index is 0.196. The Morgan fingerprint density at radius 1 is 1.33 bits per heavy atom. The van der Waals surface area contributed by atoms with Crippen LogP contribution >= 0.6 is 0 Å². The molecule has 0 aliphatic rings. The highest BCUT2D eigenvalue weighted by atomic mass is 15.3. The highest BCUT2D eigenvalue weighted by Gasteiger charge is 2.14. The van der Waals surface area contributed by atoms with E-state index in [1.54, 1.807) is 0 Å². The lowest BCUT2D eigenvalue weighted by Gasteiger charge is -2.14. The number of nitrogens with zero attached hydrogens (tertiary/aromatic N) is 2. The first kappa shape index (κ1) is 13.1. The number of hydrogen-bond acceptors (Lipinski definition) is 3. The third-order valence-electron chi connectivity index (χ3n) is 3.38. The first-order valence-electron chi connectivity index (χ1n) is 6.75. The van der Waals surface area contributed by atoms with Gasteiger partial charge in [0.1, 0.15) is 0 Å². The van der Waals surface area contributed by atoms with Gasteiger partial charge in [-0.1, -0.05) is 38.7 Å². The molecular formula is C14H22N4. The Kier molecular flexibility index (Phi) is 4.73. The van der Waals surface area contributed by atoms with Crippen molar-refractivity contribution in [2.45, 2.75) is 45.1 Å². The van der Waals surface area contributed by atoms with E-state index in [9.17, 15) is 0 Å². The zero-order valence-corrected chi connectivity index (χ0v) is 11.0. The molecule has 2 aromatic heterocycles. The number of nitrogens with one attached hydrogen (secondary N) is 1. The minimum absolute atomic E-state index is 0.196. The quantitative estimate of drug-likeness (QED) is 0.449. The van der Waals surface area contributed by atoms with Crippen LogP contribution in [0.4, 0.5) is 0 Å². The zero-order valence-electron chi connectivity index (χ0n) is 11.0. The van der Waals surface area contributed by atoms with Crippen molar-refractivity contribution in [3.05, 3.63) is 36.2 Å². The third-order valence-corrected chi connectivity index (χ3v) is 3.38. The van der Waals surface area contributed by atoms with E-state index in [0.29, 0.717) is 0 Å². The van der Waals surface area contributed by atoms with Gasteiger partial charge in [-0.3, -0.25) is 11.3 Å². The van der Waals surface area contributed by atoms with Crippen molar-refractivity contribution < 1.29 is 0 Å². The fourth-order valence-corrected chi connectivity index (χ4v) is 2.33. The Morgan fingerprint density at radius 2 is 2.22 bits per heavy atom. The Labute approximate surface area is 108 Å². The molecule has 3 N–H and O–H groups in total. The highest BCUT2D eigenvalue weighted by molar-refractivity contribution is 5.54. The minimum Gasteiger partial charge on any atom is -0.271 e. The number of unbranched alkanes of at least 4 members (excludes halogenated alkanes) is 3. The van der Waals surface area contributed by atoms with E-state index in [1.165, 1.54) is 31.2 Å². The van der Waals surface area contributed by atoms with Gasteiger partial charge in [0.05, 0.1) is 11.7 Å². The van der Waals surface area contributed by atoms with Crippen LogP contribution in [0.25, 0.3) is 5.52 Å². The molecule has 0 aliphatic heterocycles. The van der Waals surface area contributed by atoms with E-state index < -0.39 is 0 Å². The van der Waals surface area contributed by atoms with Crippen molar-refractivity contribution in [2.24, 2.45) is 5.84 Å². The van der Waals surface area contributed by atoms with Crippen molar-refractivity contribution in [3.8, 4) is 0 Å². The van der Waals surface area contributed by atoms with Gasteiger partial charge < -0.3 is 0 Å². The average Bonchev–Trinajstić information content (AvgIpc) is 2.83. The van der Waals surface area contributed by atoms with Crippen molar-refractivity contribution in [1.29, 1.82) is 0 Å². The molecule has 0 bridgehead atoms. The van der Waals surface area contributed by atoms with Gasteiger partial charge in [-0.2, -0.15) is 5.10 Å². The molecule has 0 spiro atoms. The number of hydrogen-bond donors (Lipinski definition) is 2. The van der Waals surface area contributed by atoms with Crippen LogP contribution in [0.5, 0.6) is 0 Å². The van der Waals surface area contributed by atoms with Crippen LogP contribution in [0, 0.1) is 0 Å². The number of fused-ring (bicyclic) bond motifs is 1. The molecule has 0 radical (unpaired) electrons. The summed E-state index contributed by atoms with van der Waals surface area (Å²) >= 11 is 0. The lowest BCUT2D eigenvalue weighted by molar-refractivity contribution is 0.484. The summed E-state index contributed by atoms with van der Waals surface area (Å²) in [5, 5.41) is 4.35. The monoisotopic (exact) mass is 246 g/mol. The zero-order chi connectivity index (χ0) is 12.8. The summed E-state index contributed by atoms with van der Waals surface area (Å²) in [4.78, 5) is 0. The summed E-state index contributed by atoms with van der Waals surface area (Å²) < 4.78 is 1.89. The fraction of sp³-hybridized carbons (Fsp3) is 0.500. The lowest BCUT2D eigenvalue weighted by atomic mass is 10.0. The van der Waals surface area contributed by atoms with Gasteiger partial charge in [0, 0.05) is 17.8 Å². The second-order valence-electron chi connectivity index (χ2n) is 4.70. The van der Waals surface area contributed by atoms with E-state index in [1.807, 2.05) is 29.0 Å².